The molecule has 27 heavy (non-hydrogen) atoms. The van der Waals surface area contributed by atoms with Crippen LogP contribution in [0.4, 0.5) is 5.13 Å². The fourth-order valence-corrected chi connectivity index (χ4v) is 4.39. The smallest absolute Gasteiger partial charge is 0.229 e. The summed E-state index contributed by atoms with van der Waals surface area (Å²) in [6.45, 7) is 3.45. The lowest BCUT2D eigenvalue weighted by Gasteiger charge is -2.23. The van der Waals surface area contributed by atoms with Crippen molar-refractivity contribution in [3.63, 3.8) is 0 Å². The van der Waals surface area contributed by atoms with Crippen LogP contribution in [0.15, 0.2) is 48.5 Å². The van der Waals surface area contributed by atoms with Crippen molar-refractivity contribution in [2.75, 3.05) is 18.1 Å². The summed E-state index contributed by atoms with van der Waals surface area (Å²) in [5, 5.41) is 0.778. The van der Waals surface area contributed by atoms with Gasteiger partial charge in [0.05, 0.1) is 22.9 Å². The van der Waals surface area contributed by atoms with Gasteiger partial charge in [0, 0.05) is 13.0 Å². The van der Waals surface area contributed by atoms with Crippen LogP contribution in [-0.2, 0) is 16.0 Å². The molecule has 0 saturated carbocycles. The molecule has 1 aliphatic rings. The summed E-state index contributed by atoms with van der Waals surface area (Å²) < 4.78 is 6.90. The number of anilines is 1. The number of thiazole rings is 1. The number of nitrogens with zero attached hydrogens (tertiary/aromatic N) is 2. The van der Waals surface area contributed by atoms with Crippen molar-refractivity contribution in [2.45, 2.75) is 38.7 Å². The molecule has 1 atom stereocenters. The van der Waals surface area contributed by atoms with Gasteiger partial charge in [-0.3, -0.25) is 9.69 Å². The number of hydrogen-bond donors (Lipinski definition) is 0. The van der Waals surface area contributed by atoms with Crippen molar-refractivity contribution in [3.8, 4) is 0 Å². The van der Waals surface area contributed by atoms with Crippen LogP contribution in [0.5, 0.6) is 0 Å². The van der Waals surface area contributed by atoms with E-state index < -0.39 is 0 Å². The van der Waals surface area contributed by atoms with Crippen LogP contribution in [0.1, 0.15) is 30.4 Å². The number of ether oxygens (including phenoxy) is 1. The van der Waals surface area contributed by atoms with E-state index in [1.165, 1.54) is 11.1 Å². The zero-order valence-corrected chi connectivity index (χ0v) is 16.4. The van der Waals surface area contributed by atoms with Crippen LogP contribution < -0.4 is 4.90 Å². The molecule has 1 amide bonds. The van der Waals surface area contributed by atoms with Crippen LogP contribution in [-0.4, -0.2) is 30.1 Å². The highest BCUT2D eigenvalue weighted by Crippen LogP contribution is 2.30. The Morgan fingerprint density at radius 1 is 1.22 bits per heavy atom. The van der Waals surface area contributed by atoms with Gasteiger partial charge < -0.3 is 4.74 Å². The zero-order chi connectivity index (χ0) is 18.6. The first-order valence-corrected chi connectivity index (χ1v) is 10.3. The van der Waals surface area contributed by atoms with Crippen LogP contribution in [0.2, 0.25) is 0 Å². The molecule has 2 heterocycles. The molecular weight excluding hydrogens is 356 g/mol. The Balaban J connectivity index is 1.52. The van der Waals surface area contributed by atoms with E-state index in [-0.39, 0.29) is 12.0 Å². The molecule has 3 aromatic rings. The number of carbonyl (C=O) groups is 1. The largest absolute Gasteiger partial charge is 0.376 e. The van der Waals surface area contributed by atoms with E-state index in [9.17, 15) is 4.79 Å². The second kappa shape index (κ2) is 8.19. The third-order valence-corrected chi connectivity index (χ3v) is 6.03. The molecule has 1 saturated heterocycles. The van der Waals surface area contributed by atoms with E-state index >= 15 is 0 Å². The van der Waals surface area contributed by atoms with Crippen LogP contribution in [0.25, 0.3) is 10.2 Å². The maximum absolute atomic E-state index is 13.1. The lowest BCUT2D eigenvalue weighted by molar-refractivity contribution is -0.119. The molecule has 0 spiro atoms. The van der Waals surface area contributed by atoms with Gasteiger partial charge in [-0.25, -0.2) is 4.98 Å². The number of rotatable bonds is 6. The van der Waals surface area contributed by atoms with Crippen LogP contribution in [0, 0.1) is 6.92 Å². The number of aromatic nitrogens is 1. The van der Waals surface area contributed by atoms with E-state index in [1.54, 1.807) is 11.3 Å². The number of carbonyl (C=O) groups excluding carboxylic acids is 1. The SMILES string of the molecule is Cc1ccc(CCC(=O)N(CC2CCCO2)c2nc3ccccc3s2)cc1. The summed E-state index contributed by atoms with van der Waals surface area (Å²) in [5.41, 5.74) is 3.37. The summed E-state index contributed by atoms with van der Waals surface area (Å²) in [7, 11) is 0. The third-order valence-electron chi connectivity index (χ3n) is 4.97. The molecule has 4 nitrogen and oxygen atoms in total. The number of aryl methyl sites for hydroxylation is 2. The number of benzene rings is 2. The van der Waals surface area contributed by atoms with Gasteiger partial charge in [-0.15, -0.1) is 0 Å². The Labute approximate surface area is 163 Å². The van der Waals surface area contributed by atoms with Crippen molar-refractivity contribution >= 4 is 32.6 Å². The molecule has 5 heteroatoms. The van der Waals surface area contributed by atoms with E-state index in [4.69, 9.17) is 9.72 Å². The van der Waals surface area contributed by atoms with E-state index in [0.717, 1.165) is 41.2 Å². The minimum atomic E-state index is 0.111. The third kappa shape index (κ3) is 4.37. The molecule has 0 radical (unpaired) electrons. The van der Waals surface area contributed by atoms with Gasteiger partial charge in [-0.2, -0.15) is 0 Å². The molecule has 1 aliphatic heterocycles. The van der Waals surface area contributed by atoms with Crippen LogP contribution in [0.3, 0.4) is 0 Å². The van der Waals surface area contributed by atoms with Gasteiger partial charge in [0.2, 0.25) is 5.91 Å². The maximum Gasteiger partial charge on any atom is 0.229 e. The molecule has 1 fully saturated rings. The lowest BCUT2D eigenvalue weighted by Crippen LogP contribution is -2.37. The Bertz CT molecular complexity index is 880. The normalized spacial score (nSPS) is 16.7. The van der Waals surface area contributed by atoms with E-state index in [1.807, 2.05) is 23.1 Å². The molecule has 0 N–H and O–H groups in total. The predicted octanol–water partition coefficient (Wildman–Crippen LogP) is 4.75. The van der Waals surface area contributed by atoms with Gasteiger partial charge in [0.15, 0.2) is 5.13 Å². The Hall–Kier alpha value is -2.24. The molecule has 1 unspecified atom stereocenters. The quantitative estimate of drug-likeness (QED) is 0.620. The predicted molar refractivity (Wildman–Crippen MR) is 110 cm³/mol. The summed E-state index contributed by atoms with van der Waals surface area (Å²) >= 11 is 1.58. The van der Waals surface area contributed by atoms with Crippen molar-refractivity contribution in [2.24, 2.45) is 0 Å². The highest BCUT2D eigenvalue weighted by atomic mass is 32.1. The maximum atomic E-state index is 13.1. The van der Waals surface area contributed by atoms with Crippen molar-refractivity contribution < 1.29 is 9.53 Å². The van der Waals surface area contributed by atoms with Crippen molar-refractivity contribution in [3.05, 3.63) is 59.7 Å². The fraction of sp³-hybridized carbons (Fsp3) is 0.364. The number of amides is 1. The highest BCUT2D eigenvalue weighted by Gasteiger charge is 2.25. The first kappa shape index (κ1) is 18.1. The number of hydrogen-bond acceptors (Lipinski definition) is 4. The van der Waals surface area contributed by atoms with Gasteiger partial charge in [0.1, 0.15) is 0 Å². The van der Waals surface area contributed by atoms with Gasteiger partial charge in [-0.05, 0) is 43.9 Å². The summed E-state index contributed by atoms with van der Waals surface area (Å²) in [5.74, 6) is 0.116. The number of para-hydroxylation sites is 1. The monoisotopic (exact) mass is 380 g/mol. The summed E-state index contributed by atoms with van der Waals surface area (Å²) in [6.07, 6.45) is 3.40. The second-order valence-electron chi connectivity index (χ2n) is 7.09. The van der Waals surface area contributed by atoms with Gasteiger partial charge in [-0.1, -0.05) is 53.3 Å². The highest BCUT2D eigenvalue weighted by molar-refractivity contribution is 7.22. The fourth-order valence-electron chi connectivity index (χ4n) is 3.40. The summed E-state index contributed by atoms with van der Waals surface area (Å²) in [4.78, 5) is 19.6. The van der Waals surface area contributed by atoms with Crippen LogP contribution >= 0.6 is 11.3 Å². The average Bonchev–Trinajstić information content (AvgIpc) is 3.34. The van der Waals surface area contributed by atoms with Crippen molar-refractivity contribution in [1.29, 1.82) is 0 Å². The molecule has 4 rings (SSSR count). The lowest BCUT2D eigenvalue weighted by atomic mass is 10.1. The van der Waals surface area contributed by atoms with Gasteiger partial charge >= 0.3 is 0 Å². The molecule has 140 valence electrons. The molecule has 0 bridgehead atoms. The first-order valence-electron chi connectivity index (χ1n) is 9.52. The molecule has 2 aromatic carbocycles. The Morgan fingerprint density at radius 2 is 2.04 bits per heavy atom. The number of fused-ring (bicyclic) bond motifs is 1. The molecule has 1 aromatic heterocycles. The Kier molecular flexibility index (Phi) is 5.50. The average molecular weight is 381 g/mol. The van der Waals surface area contributed by atoms with E-state index in [2.05, 4.69) is 37.3 Å². The van der Waals surface area contributed by atoms with Crippen molar-refractivity contribution in [1.82, 2.24) is 4.98 Å². The molecular formula is C22H24N2O2S. The minimum absolute atomic E-state index is 0.111. The standard InChI is InChI=1S/C22H24N2O2S/c1-16-8-10-17(11-9-16)12-13-21(25)24(15-18-5-4-14-26-18)22-23-19-6-2-3-7-20(19)27-22/h2-3,6-11,18H,4-5,12-15H2,1H3. The minimum Gasteiger partial charge on any atom is -0.376 e. The topological polar surface area (TPSA) is 42.4 Å². The van der Waals surface area contributed by atoms with E-state index in [0.29, 0.717) is 13.0 Å². The first-order chi connectivity index (χ1) is 13.2. The Morgan fingerprint density at radius 3 is 2.78 bits per heavy atom. The zero-order valence-electron chi connectivity index (χ0n) is 15.6. The second-order valence-corrected chi connectivity index (χ2v) is 8.10. The molecule has 0 aliphatic carbocycles. The van der Waals surface area contributed by atoms with Gasteiger partial charge in [0.25, 0.3) is 0 Å². The summed E-state index contributed by atoms with van der Waals surface area (Å²) in [6, 6.07) is 16.4.